The quantitative estimate of drug-likeness (QED) is 0.841. The van der Waals surface area contributed by atoms with Crippen molar-refractivity contribution in [1.29, 1.82) is 0 Å². The first-order valence-corrected chi connectivity index (χ1v) is 4.92. The van der Waals surface area contributed by atoms with Gasteiger partial charge in [-0.25, -0.2) is 0 Å². The van der Waals surface area contributed by atoms with Crippen molar-refractivity contribution < 1.29 is 18.3 Å². The number of carbonyl (C=O) groups is 1. The van der Waals surface area contributed by atoms with Gasteiger partial charge in [-0.2, -0.15) is 8.78 Å². The minimum atomic E-state index is -2.81. The van der Waals surface area contributed by atoms with Crippen molar-refractivity contribution in [2.24, 2.45) is 0 Å². The third kappa shape index (κ3) is 4.25. The number of nitrogens with one attached hydrogen (secondary N) is 1. The highest BCUT2D eigenvalue weighted by Gasteiger charge is 2.03. The standard InChI is InChI=1S/C11H13F2NO2/c1-2-10(15)14-7-8-3-5-9(6-4-8)16-11(12)13/h3-6,11H,2,7H2,1H3,(H,14,15). The predicted molar refractivity (Wildman–Crippen MR) is 55.2 cm³/mol. The van der Waals surface area contributed by atoms with E-state index >= 15 is 0 Å². The smallest absolute Gasteiger partial charge is 0.387 e. The molecule has 3 nitrogen and oxygen atoms in total. The van der Waals surface area contributed by atoms with Gasteiger partial charge in [0.15, 0.2) is 0 Å². The number of carbonyl (C=O) groups excluding carboxylic acids is 1. The highest BCUT2D eigenvalue weighted by atomic mass is 19.3. The summed E-state index contributed by atoms with van der Waals surface area (Å²) >= 11 is 0. The lowest BCUT2D eigenvalue weighted by Gasteiger charge is -2.06. The van der Waals surface area contributed by atoms with E-state index in [2.05, 4.69) is 10.1 Å². The van der Waals surface area contributed by atoms with Crippen molar-refractivity contribution in [3.8, 4) is 5.75 Å². The monoisotopic (exact) mass is 229 g/mol. The molecule has 0 aliphatic rings. The number of benzene rings is 1. The fraction of sp³-hybridized carbons (Fsp3) is 0.364. The molecule has 1 aromatic rings. The third-order valence-electron chi connectivity index (χ3n) is 1.96. The van der Waals surface area contributed by atoms with Crippen LogP contribution >= 0.6 is 0 Å². The molecule has 1 aromatic carbocycles. The van der Waals surface area contributed by atoms with Crippen molar-refractivity contribution in [3.63, 3.8) is 0 Å². The fourth-order valence-electron chi connectivity index (χ4n) is 1.11. The Bertz CT molecular complexity index is 338. The van der Waals surface area contributed by atoms with Crippen LogP contribution in [0.25, 0.3) is 0 Å². The molecule has 0 heterocycles. The van der Waals surface area contributed by atoms with E-state index in [4.69, 9.17) is 0 Å². The van der Waals surface area contributed by atoms with Crippen LogP contribution in [0.15, 0.2) is 24.3 Å². The van der Waals surface area contributed by atoms with E-state index in [0.29, 0.717) is 13.0 Å². The zero-order valence-corrected chi connectivity index (χ0v) is 8.87. The van der Waals surface area contributed by atoms with Gasteiger partial charge in [0.25, 0.3) is 0 Å². The molecule has 0 spiro atoms. The van der Waals surface area contributed by atoms with Gasteiger partial charge in [-0.05, 0) is 17.7 Å². The number of ether oxygens (including phenoxy) is 1. The van der Waals surface area contributed by atoms with Crippen LogP contribution in [0.2, 0.25) is 0 Å². The minimum Gasteiger partial charge on any atom is -0.435 e. The van der Waals surface area contributed by atoms with Crippen molar-refractivity contribution in [2.75, 3.05) is 0 Å². The van der Waals surface area contributed by atoms with Gasteiger partial charge in [0.2, 0.25) is 5.91 Å². The maximum absolute atomic E-state index is 11.8. The van der Waals surface area contributed by atoms with Crippen LogP contribution in [0.4, 0.5) is 8.78 Å². The van der Waals surface area contributed by atoms with Crippen LogP contribution in [-0.2, 0) is 11.3 Å². The van der Waals surface area contributed by atoms with E-state index in [0.717, 1.165) is 5.56 Å². The van der Waals surface area contributed by atoms with Gasteiger partial charge in [-0.15, -0.1) is 0 Å². The zero-order chi connectivity index (χ0) is 12.0. The zero-order valence-electron chi connectivity index (χ0n) is 8.87. The number of hydrogen-bond donors (Lipinski definition) is 1. The summed E-state index contributed by atoms with van der Waals surface area (Å²) in [5, 5.41) is 2.68. The summed E-state index contributed by atoms with van der Waals surface area (Å²) in [7, 11) is 0. The molecule has 5 heteroatoms. The minimum absolute atomic E-state index is 0.0482. The molecule has 0 fully saturated rings. The molecule has 88 valence electrons. The number of rotatable bonds is 5. The lowest BCUT2D eigenvalue weighted by Crippen LogP contribution is -2.21. The van der Waals surface area contributed by atoms with E-state index < -0.39 is 6.61 Å². The lowest BCUT2D eigenvalue weighted by molar-refractivity contribution is -0.120. The molecule has 16 heavy (non-hydrogen) atoms. The molecule has 0 bridgehead atoms. The maximum atomic E-state index is 11.8. The number of hydrogen-bond acceptors (Lipinski definition) is 2. The summed E-state index contributed by atoms with van der Waals surface area (Å²) in [4.78, 5) is 11.0. The summed E-state index contributed by atoms with van der Waals surface area (Å²) in [5.74, 6) is 0.0634. The molecule has 0 radical (unpaired) electrons. The molecule has 0 unspecified atom stereocenters. The number of alkyl halides is 2. The normalized spacial score (nSPS) is 10.2. The first-order chi connectivity index (χ1) is 7.61. The fourth-order valence-corrected chi connectivity index (χ4v) is 1.11. The number of halogens is 2. The van der Waals surface area contributed by atoms with Gasteiger partial charge in [0.1, 0.15) is 5.75 Å². The second kappa shape index (κ2) is 6.05. The molecular formula is C11H13F2NO2. The van der Waals surface area contributed by atoms with Gasteiger partial charge in [-0.3, -0.25) is 4.79 Å². The van der Waals surface area contributed by atoms with Gasteiger partial charge in [0, 0.05) is 13.0 Å². The van der Waals surface area contributed by atoms with E-state index in [1.807, 2.05) is 0 Å². The molecule has 0 saturated carbocycles. The van der Waals surface area contributed by atoms with E-state index in [1.54, 1.807) is 19.1 Å². The summed E-state index contributed by atoms with van der Waals surface area (Å²) in [6.07, 6.45) is 0.423. The third-order valence-corrected chi connectivity index (χ3v) is 1.96. The molecule has 1 rings (SSSR count). The van der Waals surface area contributed by atoms with E-state index in [9.17, 15) is 13.6 Å². The molecule has 0 atom stereocenters. The first-order valence-electron chi connectivity index (χ1n) is 4.92. The Morgan fingerprint density at radius 2 is 2.00 bits per heavy atom. The largest absolute Gasteiger partial charge is 0.435 e. The highest BCUT2D eigenvalue weighted by molar-refractivity contribution is 5.75. The molecular weight excluding hydrogens is 216 g/mol. The average molecular weight is 229 g/mol. The second-order valence-electron chi connectivity index (χ2n) is 3.15. The first kappa shape index (κ1) is 12.4. The Morgan fingerprint density at radius 1 is 1.38 bits per heavy atom. The molecule has 0 aliphatic heterocycles. The number of amides is 1. The SMILES string of the molecule is CCC(=O)NCc1ccc(OC(F)F)cc1. The Labute approximate surface area is 92.4 Å². The highest BCUT2D eigenvalue weighted by Crippen LogP contribution is 2.14. The Balaban J connectivity index is 2.48. The second-order valence-corrected chi connectivity index (χ2v) is 3.15. The van der Waals surface area contributed by atoms with Gasteiger partial charge < -0.3 is 10.1 Å². The van der Waals surface area contributed by atoms with Crippen molar-refractivity contribution in [3.05, 3.63) is 29.8 Å². The van der Waals surface area contributed by atoms with Crippen molar-refractivity contribution in [2.45, 2.75) is 26.5 Å². The Morgan fingerprint density at radius 3 is 2.50 bits per heavy atom. The summed E-state index contributed by atoms with van der Waals surface area (Å²) < 4.78 is 27.9. The van der Waals surface area contributed by atoms with Gasteiger partial charge in [0.05, 0.1) is 0 Å². The van der Waals surface area contributed by atoms with Crippen LogP contribution in [0, 0.1) is 0 Å². The van der Waals surface area contributed by atoms with Crippen LogP contribution in [0.5, 0.6) is 5.75 Å². The summed E-state index contributed by atoms with van der Waals surface area (Å²) in [6.45, 7) is -0.665. The molecule has 0 aliphatic carbocycles. The summed E-state index contributed by atoms with van der Waals surface area (Å²) in [6, 6.07) is 6.15. The van der Waals surface area contributed by atoms with Crippen molar-refractivity contribution in [1.82, 2.24) is 5.32 Å². The van der Waals surface area contributed by atoms with Crippen LogP contribution < -0.4 is 10.1 Å². The van der Waals surface area contributed by atoms with Crippen LogP contribution in [0.1, 0.15) is 18.9 Å². The van der Waals surface area contributed by atoms with E-state index in [-0.39, 0.29) is 11.7 Å². The lowest BCUT2D eigenvalue weighted by atomic mass is 10.2. The van der Waals surface area contributed by atoms with E-state index in [1.165, 1.54) is 12.1 Å². The Kier molecular flexibility index (Phi) is 4.69. The van der Waals surface area contributed by atoms with Crippen molar-refractivity contribution >= 4 is 5.91 Å². The molecule has 1 amide bonds. The predicted octanol–water partition coefficient (Wildman–Crippen LogP) is 2.31. The van der Waals surface area contributed by atoms with Crippen LogP contribution in [0.3, 0.4) is 0 Å². The topological polar surface area (TPSA) is 38.3 Å². The Hall–Kier alpha value is -1.65. The summed E-state index contributed by atoms with van der Waals surface area (Å²) in [5.41, 5.74) is 0.836. The molecule has 1 N–H and O–H groups in total. The maximum Gasteiger partial charge on any atom is 0.387 e. The van der Waals surface area contributed by atoms with Crippen LogP contribution in [-0.4, -0.2) is 12.5 Å². The van der Waals surface area contributed by atoms with Gasteiger partial charge >= 0.3 is 6.61 Å². The molecule has 0 aromatic heterocycles. The average Bonchev–Trinajstić information content (AvgIpc) is 2.27. The van der Waals surface area contributed by atoms with Gasteiger partial charge in [-0.1, -0.05) is 19.1 Å². The molecule has 0 saturated heterocycles.